The van der Waals surface area contributed by atoms with Crippen molar-refractivity contribution < 1.29 is 24.6 Å². The Hall–Kier alpha value is -1.97. The van der Waals surface area contributed by atoms with Crippen molar-refractivity contribution in [1.29, 1.82) is 0 Å². The molecule has 3 N–H and O–H groups in total. The zero-order chi connectivity index (χ0) is 21.1. The van der Waals surface area contributed by atoms with E-state index in [2.05, 4.69) is 35.8 Å². The SMILES string of the molecule is O=NC(C(=O)NC1C(=O)N2C(C(=O)O)=C(CSc3ncns3)CS[C@@H]12)=C(O)CBr. The molecule has 2 amide bonds. The van der Waals surface area contributed by atoms with Crippen LogP contribution in [-0.2, 0) is 14.4 Å². The fourth-order valence-corrected chi connectivity index (χ4v) is 5.86. The molecular formula is C14H12BrN5O6S3. The van der Waals surface area contributed by atoms with E-state index >= 15 is 0 Å². The number of thioether (sulfide) groups is 2. The van der Waals surface area contributed by atoms with Crippen LogP contribution in [0.3, 0.4) is 0 Å². The number of aliphatic hydroxyl groups excluding tert-OH is 1. The van der Waals surface area contributed by atoms with Crippen molar-refractivity contribution in [3.05, 3.63) is 34.0 Å². The molecule has 0 spiro atoms. The molecule has 1 aromatic heterocycles. The molecule has 1 aromatic rings. The van der Waals surface area contributed by atoms with Gasteiger partial charge in [0.15, 0.2) is 4.34 Å². The first kappa shape index (κ1) is 21.7. The van der Waals surface area contributed by atoms with E-state index < -0.39 is 40.7 Å². The zero-order valence-electron chi connectivity index (χ0n) is 14.3. The van der Waals surface area contributed by atoms with Gasteiger partial charge in [-0.05, 0) is 22.3 Å². The predicted molar refractivity (Wildman–Crippen MR) is 110 cm³/mol. The highest BCUT2D eigenvalue weighted by atomic mass is 79.9. The number of amides is 2. The van der Waals surface area contributed by atoms with Crippen LogP contribution < -0.4 is 5.32 Å². The average molecular weight is 522 g/mol. The smallest absolute Gasteiger partial charge is 0.352 e. The number of carbonyl (C=O) groups is 3. The lowest BCUT2D eigenvalue weighted by atomic mass is 10.0. The highest BCUT2D eigenvalue weighted by Crippen LogP contribution is 2.41. The third-order valence-electron chi connectivity index (χ3n) is 3.95. The van der Waals surface area contributed by atoms with Crippen LogP contribution in [0, 0.1) is 4.91 Å². The maximum absolute atomic E-state index is 12.6. The van der Waals surface area contributed by atoms with E-state index in [0.29, 0.717) is 21.4 Å². The van der Waals surface area contributed by atoms with Crippen LogP contribution in [0.2, 0.25) is 0 Å². The van der Waals surface area contributed by atoms with Crippen LogP contribution in [0.25, 0.3) is 0 Å². The minimum atomic E-state index is -1.24. The number of allylic oxidation sites excluding steroid dienone is 1. The van der Waals surface area contributed by atoms with Crippen LogP contribution in [-0.4, -0.2) is 70.5 Å². The van der Waals surface area contributed by atoms with Crippen molar-refractivity contribution in [2.24, 2.45) is 5.18 Å². The average Bonchev–Trinajstić information content (AvgIpc) is 3.23. The molecule has 1 unspecified atom stereocenters. The van der Waals surface area contributed by atoms with Crippen molar-refractivity contribution >= 4 is 68.8 Å². The number of nitrogens with zero attached hydrogens (tertiary/aromatic N) is 4. The maximum Gasteiger partial charge on any atom is 0.352 e. The molecule has 154 valence electrons. The number of carbonyl (C=O) groups excluding carboxylic acids is 2. The van der Waals surface area contributed by atoms with Gasteiger partial charge in [0, 0.05) is 11.5 Å². The number of nitroso groups, excluding NO2 is 1. The van der Waals surface area contributed by atoms with Crippen molar-refractivity contribution in [3.8, 4) is 0 Å². The summed E-state index contributed by atoms with van der Waals surface area (Å²) in [5.41, 5.74) is -0.296. The number of fused-ring (bicyclic) bond motifs is 1. The van der Waals surface area contributed by atoms with Crippen molar-refractivity contribution in [2.45, 2.75) is 15.8 Å². The Labute approximate surface area is 184 Å². The zero-order valence-corrected chi connectivity index (χ0v) is 18.3. The molecule has 2 aliphatic heterocycles. The van der Waals surface area contributed by atoms with Gasteiger partial charge in [-0.2, -0.15) is 4.37 Å². The fraction of sp³-hybridized carbons (Fsp3) is 0.357. The second-order valence-corrected chi connectivity index (χ2v) is 9.30. The molecule has 0 aromatic carbocycles. The highest BCUT2D eigenvalue weighted by molar-refractivity contribution is 9.09. The van der Waals surface area contributed by atoms with Crippen molar-refractivity contribution in [3.63, 3.8) is 0 Å². The minimum Gasteiger partial charge on any atom is -0.509 e. The second-order valence-electron chi connectivity index (χ2n) is 5.63. The quantitative estimate of drug-likeness (QED) is 0.113. The third kappa shape index (κ3) is 4.31. The van der Waals surface area contributed by atoms with E-state index in [1.54, 1.807) is 0 Å². The van der Waals surface area contributed by atoms with E-state index in [1.165, 1.54) is 41.4 Å². The summed E-state index contributed by atoms with van der Waals surface area (Å²) in [6.07, 6.45) is 1.40. The molecule has 0 aliphatic carbocycles. The van der Waals surface area contributed by atoms with Crippen LogP contribution in [0.1, 0.15) is 0 Å². The first-order valence-electron chi connectivity index (χ1n) is 7.80. The molecule has 29 heavy (non-hydrogen) atoms. The predicted octanol–water partition coefficient (Wildman–Crippen LogP) is 1.30. The van der Waals surface area contributed by atoms with E-state index in [1.807, 2.05) is 0 Å². The Morgan fingerprint density at radius 3 is 2.79 bits per heavy atom. The van der Waals surface area contributed by atoms with Gasteiger partial charge in [0.05, 0.1) is 5.33 Å². The fourth-order valence-electron chi connectivity index (χ4n) is 2.67. The maximum atomic E-state index is 12.6. The van der Waals surface area contributed by atoms with Crippen LogP contribution in [0.5, 0.6) is 0 Å². The molecule has 3 heterocycles. The van der Waals surface area contributed by atoms with E-state index in [0.717, 1.165) is 4.90 Å². The number of aliphatic carboxylic acids is 1. The Balaban J connectivity index is 1.75. The molecule has 15 heteroatoms. The Kier molecular flexibility index (Phi) is 6.92. The number of carboxylic acid groups (broad SMARTS) is 1. The molecule has 1 saturated heterocycles. The number of β-lactam (4-membered cyclic amide) rings is 1. The molecule has 0 saturated carbocycles. The number of nitrogens with one attached hydrogen (secondary N) is 1. The van der Waals surface area contributed by atoms with Gasteiger partial charge < -0.3 is 15.5 Å². The Morgan fingerprint density at radius 1 is 1.45 bits per heavy atom. The first-order valence-corrected chi connectivity index (χ1v) is 11.7. The van der Waals surface area contributed by atoms with Crippen LogP contribution in [0.15, 0.2) is 38.6 Å². The summed E-state index contributed by atoms with van der Waals surface area (Å²) in [7, 11) is 0. The summed E-state index contributed by atoms with van der Waals surface area (Å²) in [5.74, 6) is -2.76. The Bertz CT molecular complexity index is 921. The van der Waals surface area contributed by atoms with Gasteiger partial charge in [-0.1, -0.05) is 27.7 Å². The topological polar surface area (TPSA) is 162 Å². The lowest BCUT2D eigenvalue weighted by Gasteiger charge is -2.49. The molecule has 2 atom stereocenters. The van der Waals surface area contributed by atoms with E-state index in [9.17, 15) is 29.5 Å². The molecule has 2 aliphatic rings. The summed E-state index contributed by atoms with van der Waals surface area (Å²) in [6, 6.07) is -1.03. The molecule has 3 rings (SSSR count). The molecule has 0 radical (unpaired) electrons. The number of hydrogen-bond acceptors (Lipinski definition) is 11. The van der Waals surface area contributed by atoms with E-state index in [-0.39, 0.29) is 11.0 Å². The molecular weight excluding hydrogens is 510 g/mol. The van der Waals surface area contributed by atoms with E-state index in [4.69, 9.17) is 0 Å². The summed E-state index contributed by atoms with van der Waals surface area (Å²) in [6.45, 7) is 0. The number of aromatic nitrogens is 2. The summed E-state index contributed by atoms with van der Waals surface area (Å²) in [5, 5.41) is 23.2. The van der Waals surface area contributed by atoms with Gasteiger partial charge in [0.1, 0.15) is 29.2 Å². The highest BCUT2D eigenvalue weighted by Gasteiger charge is 2.54. The number of alkyl halides is 1. The normalized spacial score (nSPS) is 21.8. The van der Waals surface area contributed by atoms with Gasteiger partial charge in [-0.15, -0.1) is 16.7 Å². The van der Waals surface area contributed by atoms with Crippen molar-refractivity contribution in [2.75, 3.05) is 16.8 Å². The Morgan fingerprint density at radius 2 is 2.21 bits per heavy atom. The number of aliphatic hydroxyl groups is 1. The number of carboxylic acids is 1. The monoisotopic (exact) mass is 521 g/mol. The molecule has 11 nitrogen and oxygen atoms in total. The summed E-state index contributed by atoms with van der Waals surface area (Å²) in [4.78, 5) is 52.4. The van der Waals surface area contributed by atoms with Gasteiger partial charge in [-0.25, -0.2) is 9.78 Å². The van der Waals surface area contributed by atoms with Gasteiger partial charge in [0.2, 0.25) is 5.70 Å². The van der Waals surface area contributed by atoms with Gasteiger partial charge in [-0.3, -0.25) is 14.5 Å². The lowest BCUT2D eigenvalue weighted by molar-refractivity contribution is -0.150. The standard InChI is InChI=1S/C14H12BrN5O6S3/c15-1-6(21)7(19-26)10(22)18-8-11(23)20-9(13(24)25)5(2-27-12(8)20)3-28-14-16-4-17-29-14/h4,8,12,21H,1-3H2,(H,18,22)(H,24,25)/t8?,12-/m0/s1. The van der Waals surface area contributed by atoms with Crippen LogP contribution >= 0.6 is 51.0 Å². The molecule has 1 fully saturated rings. The van der Waals surface area contributed by atoms with Crippen molar-refractivity contribution in [1.82, 2.24) is 19.6 Å². The lowest BCUT2D eigenvalue weighted by Crippen LogP contribution is -2.70. The number of rotatable bonds is 8. The van der Waals surface area contributed by atoms with Gasteiger partial charge >= 0.3 is 5.97 Å². The molecule has 0 bridgehead atoms. The van der Waals surface area contributed by atoms with Gasteiger partial charge in [0.25, 0.3) is 11.8 Å². The first-order chi connectivity index (χ1) is 13.9. The summed E-state index contributed by atoms with van der Waals surface area (Å²) < 4.78 is 4.56. The third-order valence-corrected chi connectivity index (χ3v) is 7.71. The largest absolute Gasteiger partial charge is 0.509 e. The minimum absolute atomic E-state index is 0.117. The summed E-state index contributed by atoms with van der Waals surface area (Å²) >= 11 is 6.71. The number of hydrogen-bond donors (Lipinski definition) is 3. The van der Waals surface area contributed by atoms with Crippen LogP contribution in [0.4, 0.5) is 0 Å². The second kappa shape index (κ2) is 9.23. The number of halogens is 1.